The van der Waals surface area contributed by atoms with E-state index in [1.807, 2.05) is 56.3 Å². The number of benzene rings is 3. The number of amides is 2. The fourth-order valence-electron chi connectivity index (χ4n) is 3.15. The summed E-state index contributed by atoms with van der Waals surface area (Å²) in [5, 5.41) is 9.61. The highest BCUT2D eigenvalue weighted by atomic mass is 35.5. The van der Waals surface area contributed by atoms with Crippen LogP contribution in [0.1, 0.15) is 36.2 Å². The lowest BCUT2D eigenvalue weighted by Crippen LogP contribution is -2.46. The number of hydrogen-bond acceptors (Lipinski definition) is 3. The predicted octanol–water partition coefficient (Wildman–Crippen LogP) is 4.79. The van der Waals surface area contributed by atoms with Gasteiger partial charge in [0.1, 0.15) is 6.04 Å². The van der Waals surface area contributed by atoms with Gasteiger partial charge < -0.3 is 5.32 Å². The van der Waals surface area contributed by atoms with Gasteiger partial charge in [-0.3, -0.25) is 9.59 Å². The number of fused-ring (bicyclic) bond motifs is 1. The summed E-state index contributed by atoms with van der Waals surface area (Å²) >= 11 is 5.87. The fraction of sp³-hybridized carbons (Fsp3) is 0.208. The van der Waals surface area contributed by atoms with E-state index >= 15 is 0 Å². The summed E-state index contributed by atoms with van der Waals surface area (Å²) in [6.07, 6.45) is 2.11. The SMILES string of the molecule is CC(C)CC(NC(=O)c1ccc(Cl)cc1)C(=O)NN=Cc1cccc2ccccc12. The van der Waals surface area contributed by atoms with Crippen molar-refractivity contribution in [3.8, 4) is 0 Å². The second-order valence-corrected chi connectivity index (χ2v) is 7.90. The third-order valence-electron chi connectivity index (χ3n) is 4.64. The van der Waals surface area contributed by atoms with Crippen LogP contribution in [0, 0.1) is 5.92 Å². The van der Waals surface area contributed by atoms with Crippen LogP contribution in [0.4, 0.5) is 0 Å². The molecule has 0 spiro atoms. The summed E-state index contributed by atoms with van der Waals surface area (Å²) in [6, 6.07) is 19.7. The number of carbonyl (C=O) groups excluding carboxylic acids is 2. The average Bonchev–Trinajstić information content (AvgIpc) is 2.73. The molecule has 0 radical (unpaired) electrons. The Morgan fingerprint density at radius 3 is 2.43 bits per heavy atom. The van der Waals surface area contributed by atoms with Crippen molar-refractivity contribution in [1.29, 1.82) is 0 Å². The number of nitrogens with zero attached hydrogens (tertiary/aromatic N) is 1. The second-order valence-electron chi connectivity index (χ2n) is 7.47. The first-order valence-electron chi connectivity index (χ1n) is 9.81. The highest BCUT2D eigenvalue weighted by Crippen LogP contribution is 2.17. The largest absolute Gasteiger partial charge is 0.340 e. The molecule has 3 aromatic carbocycles. The molecule has 0 saturated heterocycles. The van der Waals surface area contributed by atoms with Crippen LogP contribution in [-0.4, -0.2) is 24.1 Å². The summed E-state index contributed by atoms with van der Waals surface area (Å²) in [5.41, 5.74) is 3.91. The molecule has 1 unspecified atom stereocenters. The van der Waals surface area contributed by atoms with Crippen molar-refractivity contribution in [2.24, 2.45) is 11.0 Å². The molecule has 3 aromatic rings. The zero-order valence-electron chi connectivity index (χ0n) is 16.9. The maximum absolute atomic E-state index is 12.7. The van der Waals surface area contributed by atoms with Gasteiger partial charge in [0.05, 0.1) is 6.21 Å². The third kappa shape index (κ3) is 5.67. The predicted molar refractivity (Wildman–Crippen MR) is 122 cm³/mol. The summed E-state index contributed by atoms with van der Waals surface area (Å²) in [7, 11) is 0. The molecule has 0 saturated carbocycles. The summed E-state index contributed by atoms with van der Waals surface area (Å²) in [5.74, 6) is -0.471. The smallest absolute Gasteiger partial charge is 0.262 e. The molecule has 0 aromatic heterocycles. The Hall–Kier alpha value is -3.18. The minimum atomic E-state index is -0.696. The molecule has 154 valence electrons. The minimum Gasteiger partial charge on any atom is -0.340 e. The van der Waals surface area contributed by atoms with Crippen molar-refractivity contribution in [1.82, 2.24) is 10.7 Å². The van der Waals surface area contributed by atoms with E-state index in [2.05, 4.69) is 15.8 Å². The van der Waals surface area contributed by atoms with E-state index in [4.69, 9.17) is 11.6 Å². The molecule has 2 amide bonds. The molecule has 0 aliphatic rings. The molecular weight excluding hydrogens is 398 g/mol. The van der Waals surface area contributed by atoms with Crippen molar-refractivity contribution in [3.05, 3.63) is 82.9 Å². The molecule has 5 nitrogen and oxygen atoms in total. The lowest BCUT2D eigenvalue weighted by atomic mass is 10.0. The summed E-state index contributed by atoms with van der Waals surface area (Å²) in [6.45, 7) is 3.99. The molecule has 0 aliphatic heterocycles. The first kappa shape index (κ1) is 21.5. The van der Waals surface area contributed by atoms with Crippen LogP contribution in [0.5, 0.6) is 0 Å². The van der Waals surface area contributed by atoms with Crippen LogP contribution in [-0.2, 0) is 4.79 Å². The quantitative estimate of drug-likeness (QED) is 0.425. The topological polar surface area (TPSA) is 70.6 Å². The third-order valence-corrected chi connectivity index (χ3v) is 4.89. The van der Waals surface area contributed by atoms with E-state index in [1.165, 1.54) is 0 Å². The van der Waals surface area contributed by atoms with Crippen molar-refractivity contribution < 1.29 is 9.59 Å². The van der Waals surface area contributed by atoms with Gasteiger partial charge in [-0.25, -0.2) is 5.43 Å². The van der Waals surface area contributed by atoms with E-state index in [1.54, 1.807) is 30.5 Å². The molecular formula is C24H24ClN3O2. The van der Waals surface area contributed by atoms with Gasteiger partial charge in [0.25, 0.3) is 11.8 Å². The minimum absolute atomic E-state index is 0.216. The van der Waals surface area contributed by atoms with Gasteiger partial charge in [-0.15, -0.1) is 0 Å². The number of halogens is 1. The van der Waals surface area contributed by atoms with Gasteiger partial charge in [0.2, 0.25) is 0 Å². The highest BCUT2D eigenvalue weighted by molar-refractivity contribution is 6.30. The number of hydrazone groups is 1. The molecule has 2 N–H and O–H groups in total. The summed E-state index contributed by atoms with van der Waals surface area (Å²) in [4.78, 5) is 25.2. The zero-order chi connectivity index (χ0) is 21.5. The molecule has 3 rings (SSSR count). The Morgan fingerprint density at radius 1 is 1.00 bits per heavy atom. The van der Waals surface area contributed by atoms with E-state index in [0.29, 0.717) is 17.0 Å². The highest BCUT2D eigenvalue weighted by Gasteiger charge is 2.22. The van der Waals surface area contributed by atoms with E-state index in [9.17, 15) is 9.59 Å². The van der Waals surface area contributed by atoms with Crippen LogP contribution in [0.2, 0.25) is 5.02 Å². The standard InChI is InChI=1S/C24H24ClN3O2/c1-16(2)14-22(27-23(29)18-10-12-20(25)13-11-18)24(30)28-26-15-19-8-5-7-17-6-3-4-9-21(17)19/h3-13,15-16,22H,14H2,1-2H3,(H,27,29)(H,28,30). The van der Waals surface area contributed by atoms with E-state index in [-0.39, 0.29) is 17.7 Å². The maximum atomic E-state index is 12.7. The number of nitrogens with one attached hydrogen (secondary N) is 2. The van der Waals surface area contributed by atoms with Crippen molar-refractivity contribution in [2.45, 2.75) is 26.3 Å². The van der Waals surface area contributed by atoms with Crippen LogP contribution < -0.4 is 10.7 Å². The first-order chi connectivity index (χ1) is 14.4. The lowest BCUT2D eigenvalue weighted by Gasteiger charge is -2.19. The molecule has 0 heterocycles. The molecule has 0 fully saturated rings. The van der Waals surface area contributed by atoms with Gasteiger partial charge in [0, 0.05) is 16.1 Å². The Kier molecular flexibility index (Phi) is 7.20. The average molecular weight is 422 g/mol. The molecule has 1 atom stereocenters. The van der Waals surface area contributed by atoms with Gasteiger partial charge in [0.15, 0.2) is 0 Å². The van der Waals surface area contributed by atoms with Crippen LogP contribution in [0.3, 0.4) is 0 Å². The lowest BCUT2D eigenvalue weighted by molar-refractivity contribution is -0.123. The summed E-state index contributed by atoms with van der Waals surface area (Å²) < 4.78 is 0. The van der Waals surface area contributed by atoms with Gasteiger partial charge in [-0.1, -0.05) is 67.9 Å². The molecule has 0 bridgehead atoms. The Morgan fingerprint density at radius 2 is 1.70 bits per heavy atom. The second kappa shape index (κ2) is 10.0. The Balaban J connectivity index is 1.69. The van der Waals surface area contributed by atoms with Gasteiger partial charge in [-0.2, -0.15) is 5.10 Å². The van der Waals surface area contributed by atoms with Gasteiger partial charge in [-0.05, 0) is 47.4 Å². The zero-order valence-corrected chi connectivity index (χ0v) is 17.7. The Labute approximate surface area is 181 Å². The van der Waals surface area contributed by atoms with Gasteiger partial charge >= 0.3 is 0 Å². The number of rotatable bonds is 7. The molecule has 30 heavy (non-hydrogen) atoms. The van der Waals surface area contributed by atoms with E-state index < -0.39 is 6.04 Å². The van der Waals surface area contributed by atoms with Crippen molar-refractivity contribution in [3.63, 3.8) is 0 Å². The van der Waals surface area contributed by atoms with E-state index in [0.717, 1.165) is 16.3 Å². The van der Waals surface area contributed by atoms with Crippen LogP contribution >= 0.6 is 11.6 Å². The van der Waals surface area contributed by atoms with Crippen LogP contribution in [0.25, 0.3) is 10.8 Å². The molecule has 0 aliphatic carbocycles. The molecule has 6 heteroatoms. The Bertz CT molecular complexity index is 1060. The van der Waals surface area contributed by atoms with Crippen molar-refractivity contribution >= 4 is 40.4 Å². The monoisotopic (exact) mass is 421 g/mol. The van der Waals surface area contributed by atoms with Crippen LogP contribution in [0.15, 0.2) is 71.8 Å². The number of carbonyl (C=O) groups is 2. The first-order valence-corrected chi connectivity index (χ1v) is 10.2. The maximum Gasteiger partial charge on any atom is 0.262 e. The van der Waals surface area contributed by atoms with Crippen molar-refractivity contribution in [2.75, 3.05) is 0 Å². The normalized spacial score (nSPS) is 12.3. The number of hydrogen-bond donors (Lipinski definition) is 2. The fourth-order valence-corrected chi connectivity index (χ4v) is 3.28.